The van der Waals surface area contributed by atoms with Crippen LogP contribution in [-0.4, -0.2) is 13.5 Å². The highest BCUT2D eigenvalue weighted by atomic mass is 32.2. The Bertz CT molecular complexity index is 921. The third-order valence-corrected chi connectivity index (χ3v) is 7.44. The molecule has 0 heterocycles. The standard InChI is InChI=1S/C28H42O4S/c1-3-5-7-9-11-13-17-24-18-15-22-28(27(24)21-14-12-10-8-6-4-2)33(30,31)32-26-20-16-19-25(29)23-26/h15-16,18-20,22-23,29H,3-14,17,21H2,1-2H3. The number of hydrogen-bond donors (Lipinski definition) is 1. The van der Waals surface area contributed by atoms with Gasteiger partial charge in [0, 0.05) is 6.07 Å². The Kier molecular flexibility index (Phi) is 12.4. The number of aromatic hydroxyl groups is 1. The molecule has 4 nitrogen and oxygen atoms in total. The lowest BCUT2D eigenvalue weighted by Crippen LogP contribution is -2.14. The topological polar surface area (TPSA) is 63.6 Å². The Balaban J connectivity index is 2.16. The summed E-state index contributed by atoms with van der Waals surface area (Å²) < 4.78 is 31.8. The molecule has 0 aromatic heterocycles. The van der Waals surface area contributed by atoms with Crippen LogP contribution in [0.2, 0.25) is 0 Å². The van der Waals surface area contributed by atoms with Crippen molar-refractivity contribution in [2.75, 3.05) is 0 Å². The molecule has 0 aliphatic heterocycles. The molecule has 0 saturated heterocycles. The highest BCUT2D eigenvalue weighted by Gasteiger charge is 2.23. The van der Waals surface area contributed by atoms with Crippen molar-refractivity contribution < 1.29 is 17.7 Å². The second-order valence-corrected chi connectivity index (χ2v) is 10.5. The molecular weight excluding hydrogens is 432 g/mol. The molecule has 1 N–H and O–H groups in total. The molecule has 0 bridgehead atoms. The van der Waals surface area contributed by atoms with E-state index in [0.29, 0.717) is 0 Å². The predicted octanol–water partition coefficient (Wildman–Crippen LogP) is 7.97. The molecule has 33 heavy (non-hydrogen) atoms. The van der Waals surface area contributed by atoms with Gasteiger partial charge < -0.3 is 9.29 Å². The summed E-state index contributed by atoms with van der Waals surface area (Å²) in [6.07, 6.45) is 15.9. The fraction of sp³-hybridized carbons (Fsp3) is 0.571. The monoisotopic (exact) mass is 474 g/mol. The largest absolute Gasteiger partial charge is 0.508 e. The minimum atomic E-state index is -3.99. The van der Waals surface area contributed by atoms with Gasteiger partial charge in [-0.3, -0.25) is 0 Å². The zero-order valence-electron chi connectivity index (χ0n) is 20.5. The van der Waals surface area contributed by atoms with E-state index in [1.165, 1.54) is 69.9 Å². The molecule has 0 unspecified atom stereocenters. The van der Waals surface area contributed by atoms with Gasteiger partial charge in [0.1, 0.15) is 16.4 Å². The Morgan fingerprint density at radius 3 is 1.94 bits per heavy atom. The van der Waals surface area contributed by atoms with Gasteiger partial charge in [-0.1, -0.05) is 96.3 Å². The number of phenols is 1. The van der Waals surface area contributed by atoms with Crippen LogP contribution in [0.3, 0.4) is 0 Å². The second kappa shape index (κ2) is 15.0. The van der Waals surface area contributed by atoms with Gasteiger partial charge in [0.15, 0.2) is 0 Å². The first-order valence-electron chi connectivity index (χ1n) is 12.8. The maximum Gasteiger partial charge on any atom is 0.339 e. The average molecular weight is 475 g/mol. The van der Waals surface area contributed by atoms with Crippen molar-refractivity contribution in [3.63, 3.8) is 0 Å². The zero-order chi connectivity index (χ0) is 23.9. The lowest BCUT2D eigenvalue weighted by atomic mass is 9.96. The van der Waals surface area contributed by atoms with Crippen LogP contribution in [0.25, 0.3) is 0 Å². The van der Waals surface area contributed by atoms with Crippen molar-refractivity contribution in [2.24, 2.45) is 0 Å². The van der Waals surface area contributed by atoms with Gasteiger partial charge in [0.25, 0.3) is 0 Å². The summed E-state index contributed by atoms with van der Waals surface area (Å²) >= 11 is 0. The van der Waals surface area contributed by atoms with Crippen molar-refractivity contribution in [1.29, 1.82) is 0 Å². The fourth-order valence-corrected chi connectivity index (χ4v) is 5.48. The van der Waals surface area contributed by atoms with Crippen molar-refractivity contribution in [3.8, 4) is 11.5 Å². The molecule has 0 aliphatic carbocycles. The molecule has 0 aliphatic rings. The normalized spacial score (nSPS) is 11.6. The number of benzene rings is 2. The lowest BCUT2D eigenvalue weighted by Gasteiger charge is -2.16. The summed E-state index contributed by atoms with van der Waals surface area (Å²) in [6.45, 7) is 4.43. The molecule has 0 amide bonds. The second-order valence-electron chi connectivity index (χ2n) is 8.96. The predicted molar refractivity (Wildman–Crippen MR) is 137 cm³/mol. The fourth-order valence-electron chi connectivity index (χ4n) is 4.25. The smallest absolute Gasteiger partial charge is 0.339 e. The highest BCUT2D eigenvalue weighted by Crippen LogP contribution is 2.28. The first-order chi connectivity index (χ1) is 16.0. The van der Waals surface area contributed by atoms with Crippen LogP contribution in [0.1, 0.15) is 102 Å². The molecule has 2 aromatic rings. The first-order valence-corrected chi connectivity index (χ1v) is 14.2. The van der Waals surface area contributed by atoms with E-state index in [1.807, 2.05) is 6.07 Å². The van der Waals surface area contributed by atoms with Crippen molar-refractivity contribution >= 4 is 10.1 Å². The van der Waals surface area contributed by atoms with E-state index >= 15 is 0 Å². The average Bonchev–Trinajstić information content (AvgIpc) is 2.78. The number of aryl methyl sites for hydroxylation is 1. The van der Waals surface area contributed by atoms with E-state index in [0.717, 1.165) is 43.2 Å². The highest BCUT2D eigenvalue weighted by molar-refractivity contribution is 7.87. The number of rotatable bonds is 17. The quantitative estimate of drug-likeness (QED) is 0.186. The van der Waals surface area contributed by atoms with Gasteiger partial charge in [-0.05, 0) is 55.0 Å². The van der Waals surface area contributed by atoms with Crippen LogP contribution in [0.15, 0.2) is 47.4 Å². The van der Waals surface area contributed by atoms with Gasteiger partial charge in [-0.25, -0.2) is 0 Å². The number of phenolic OH excluding ortho intramolecular Hbond substituents is 1. The van der Waals surface area contributed by atoms with Gasteiger partial charge >= 0.3 is 10.1 Å². The van der Waals surface area contributed by atoms with E-state index in [-0.39, 0.29) is 16.4 Å². The van der Waals surface area contributed by atoms with E-state index < -0.39 is 10.1 Å². The van der Waals surface area contributed by atoms with Crippen molar-refractivity contribution in [3.05, 3.63) is 53.6 Å². The van der Waals surface area contributed by atoms with Crippen molar-refractivity contribution in [1.82, 2.24) is 0 Å². The minimum absolute atomic E-state index is 0.0215. The molecule has 2 rings (SSSR count). The van der Waals surface area contributed by atoms with E-state index in [4.69, 9.17) is 4.18 Å². The Morgan fingerprint density at radius 2 is 1.30 bits per heavy atom. The van der Waals surface area contributed by atoms with E-state index in [2.05, 4.69) is 19.9 Å². The van der Waals surface area contributed by atoms with Crippen LogP contribution < -0.4 is 4.18 Å². The maximum atomic E-state index is 13.2. The van der Waals surface area contributed by atoms with E-state index in [1.54, 1.807) is 18.2 Å². The summed E-state index contributed by atoms with van der Waals surface area (Å²) in [5.41, 5.74) is 2.03. The Labute approximate surface area is 201 Å². The molecule has 0 fully saturated rings. The number of unbranched alkanes of at least 4 members (excludes halogenated alkanes) is 10. The Morgan fingerprint density at radius 1 is 0.727 bits per heavy atom. The zero-order valence-corrected chi connectivity index (χ0v) is 21.3. The van der Waals surface area contributed by atoms with Crippen LogP contribution in [-0.2, 0) is 23.0 Å². The van der Waals surface area contributed by atoms with Gasteiger partial charge in [0.2, 0.25) is 0 Å². The summed E-state index contributed by atoms with van der Waals surface area (Å²) in [5.74, 6) is 0.105. The van der Waals surface area contributed by atoms with Crippen LogP contribution in [0.4, 0.5) is 0 Å². The molecule has 0 saturated carbocycles. The van der Waals surface area contributed by atoms with Gasteiger partial charge in [-0.15, -0.1) is 0 Å². The molecule has 0 spiro atoms. The van der Waals surface area contributed by atoms with E-state index in [9.17, 15) is 13.5 Å². The summed E-state index contributed by atoms with van der Waals surface area (Å²) in [5, 5.41) is 9.68. The number of hydrogen-bond acceptors (Lipinski definition) is 4. The maximum absolute atomic E-state index is 13.2. The molecule has 0 radical (unpaired) electrons. The molecular formula is C28H42O4S. The molecule has 2 aromatic carbocycles. The summed E-state index contributed by atoms with van der Waals surface area (Å²) in [7, 11) is -3.99. The third-order valence-electron chi connectivity index (χ3n) is 6.10. The summed E-state index contributed by atoms with van der Waals surface area (Å²) in [4.78, 5) is 0.267. The van der Waals surface area contributed by atoms with Crippen LogP contribution in [0, 0.1) is 0 Å². The van der Waals surface area contributed by atoms with Gasteiger partial charge in [0.05, 0.1) is 0 Å². The van der Waals surface area contributed by atoms with Gasteiger partial charge in [-0.2, -0.15) is 8.42 Å². The third kappa shape index (κ3) is 9.79. The SMILES string of the molecule is CCCCCCCCc1cccc(S(=O)(=O)Oc2cccc(O)c2)c1CCCCCCCC. The summed E-state index contributed by atoms with van der Waals surface area (Å²) in [6, 6.07) is 11.5. The first kappa shape index (κ1) is 27.2. The minimum Gasteiger partial charge on any atom is -0.508 e. The molecule has 184 valence electrons. The molecule has 5 heteroatoms. The Hall–Kier alpha value is -2.01. The lowest BCUT2D eigenvalue weighted by molar-refractivity contribution is 0.463. The van der Waals surface area contributed by atoms with Crippen LogP contribution >= 0.6 is 0 Å². The van der Waals surface area contributed by atoms with Crippen LogP contribution in [0.5, 0.6) is 11.5 Å². The van der Waals surface area contributed by atoms with Crippen molar-refractivity contribution in [2.45, 2.75) is 109 Å². The molecule has 0 atom stereocenters.